The molecule has 2 aromatic rings. The molecular formula is C13H14BrN3OS2. The molecule has 1 aliphatic rings. The van der Waals surface area contributed by atoms with E-state index in [4.69, 9.17) is 0 Å². The monoisotopic (exact) mass is 371 g/mol. The Morgan fingerprint density at radius 1 is 1.45 bits per heavy atom. The number of hydrogen-bond acceptors (Lipinski definition) is 5. The van der Waals surface area contributed by atoms with E-state index in [-0.39, 0.29) is 5.91 Å². The Morgan fingerprint density at radius 2 is 2.25 bits per heavy atom. The second-order valence-electron chi connectivity index (χ2n) is 4.69. The second-order valence-corrected chi connectivity index (χ2v) is 8.04. The number of aromatic nitrogens is 1. The number of nitrogens with zero attached hydrogens (tertiary/aromatic N) is 1. The summed E-state index contributed by atoms with van der Waals surface area (Å²) < 4.78 is 0.956. The minimum Gasteiger partial charge on any atom is -0.317 e. The fourth-order valence-corrected chi connectivity index (χ4v) is 4.35. The molecule has 20 heavy (non-hydrogen) atoms. The van der Waals surface area contributed by atoms with E-state index in [1.54, 1.807) is 11.3 Å². The van der Waals surface area contributed by atoms with Crippen molar-refractivity contribution in [1.29, 1.82) is 0 Å². The van der Waals surface area contributed by atoms with Gasteiger partial charge in [-0.3, -0.25) is 10.1 Å². The van der Waals surface area contributed by atoms with Crippen LogP contribution >= 0.6 is 38.6 Å². The van der Waals surface area contributed by atoms with Gasteiger partial charge in [-0.15, -0.1) is 22.7 Å². The van der Waals surface area contributed by atoms with Gasteiger partial charge in [0.05, 0.1) is 9.35 Å². The second kappa shape index (κ2) is 6.34. The number of nitrogens with one attached hydrogen (secondary N) is 2. The number of thiazole rings is 1. The molecular weight excluding hydrogens is 358 g/mol. The van der Waals surface area contributed by atoms with Gasteiger partial charge in [0.2, 0.25) is 0 Å². The van der Waals surface area contributed by atoms with Crippen molar-refractivity contribution in [2.75, 3.05) is 18.4 Å². The molecule has 0 aromatic carbocycles. The van der Waals surface area contributed by atoms with Gasteiger partial charge in [-0.1, -0.05) is 0 Å². The predicted octanol–water partition coefficient (Wildman–Crippen LogP) is 3.69. The Morgan fingerprint density at radius 3 is 2.95 bits per heavy atom. The Labute approximate surface area is 133 Å². The summed E-state index contributed by atoms with van der Waals surface area (Å²) in [5.74, 6) is 0.479. The Hall–Kier alpha value is -0.760. The third kappa shape index (κ3) is 3.28. The van der Waals surface area contributed by atoms with Crippen molar-refractivity contribution in [2.45, 2.75) is 18.8 Å². The minimum absolute atomic E-state index is 0.0989. The van der Waals surface area contributed by atoms with Gasteiger partial charge >= 0.3 is 0 Å². The van der Waals surface area contributed by atoms with Gasteiger partial charge in [0.15, 0.2) is 5.13 Å². The molecule has 3 rings (SSSR count). The van der Waals surface area contributed by atoms with Crippen molar-refractivity contribution < 1.29 is 4.79 Å². The number of hydrogen-bond donors (Lipinski definition) is 2. The van der Waals surface area contributed by atoms with Crippen molar-refractivity contribution in [1.82, 2.24) is 10.3 Å². The molecule has 0 spiro atoms. The van der Waals surface area contributed by atoms with Gasteiger partial charge in [-0.25, -0.2) is 4.98 Å². The van der Waals surface area contributed by atoms with Gasteiger partial charge in [0.1, 0.15) is 0 Å². The first-order valence-corrected chi connectivity index (χ1v) is 8.93. The zero-order chi connectivity index (χ0) is 13.9. The summed E-state index contributed by atoms with van der Waals surface area (Å²) in [6.07, 6.45) is 4.19. The number of thiophene rings is 1. The Kier molecular flexibility index (Phi) is 4.50. The molecule has 106 valence electrons. The summed E-state index contributed by atoms with van der Waals surface area (Å²) in [5.41, 5.74) is 0.667. The van der Waals surface area contributed by atoms with Crippen molar-refractivity contribution >= 4 is 49.6 Å². The number of rotatable bonds is 3. The molecule has 2 N–H and O–H groups in total. The highest BCUT2D eigenvalue weighted by Crippen LogP contribution is 2.32. The lowest BCUT2D eigenvalue weighted by molar-refractivity contribution is 0.102. The zero-order valence-corrected chi connectivity index (χ0v) is 13.9. The van der Waals surface area contributed by atoms with Crippen molar-refractivity contribution in [2.24, 2.45) is 0 Å². The summed E-state index contributed by atoms with van der Waals surface area (Å²) >= 11 is 6.45. The fraction of sp³-hybridized carbons (Fsp3) is 0.385. The van der Waals surface area contributed by atoms with Gasteiger partial charge in [-0.2, -0.15) is 0 Å². The van der Waals surface area contributed by atoms with Crippen LogP contribution in [0.25, 0.3) is 0 Å². The van der Waals surface area contributed by atoms with Gasteiger partial charge in [0.25, 0.3) is 5.91 Å². The molecule has 4 nitrogen and oxygen atoms in total. The quantitative estimate of drug-likeness (QED) is 0.864. The van der Waals surface area contributed by atoms with Crippen LogP contribution in [0.15, 0.2) is 21.4 Å². The molecule has 1 saturated heterocycles. The van der Waals surface area contributed by atoms with Gasteiger partial charge in [0, 0.05) is 16.5 Å². The highest BCUT2D eigenvalue weighted by molar-refractivity contribution is 9.11. The third-order valence-electron chi connectivity index (χ3n) is 3.32. The van der Waals surface area contributed by atoms with Crippen LogP contribution in [0.1, 0.15) is 34.0 Å². The molecule has 0 bridgehead atoms. The molecule has 7 heteroatoms. The van der Waals surface area contributed by atoms with Crippen LogP contribution in [0.4, 0.5) is 5.13 Å². The molecule has 0 atom stereocenters. The van der Waals surface area contributed by atoms with Crippen molar-refractivity contribution in [3.8, 4) is 0 Å². The first-order valence-electron chi connectivity index (χ1n) is 6.44. The molecule has 1 fully saturated rings. The number of carbonyl (C=O) groups excluding carboxylic acids is 1. The highest BCUT2D eigenvalue weighted by atomic mass is 79.9. The summed E-state index contributed by atoms with van der Waals surface area (Å²) in [5, 5.41) is 8.75. The maximum atomic E-state index is 12.0. The molecule has 3 heterocycles. The Bertz CT molecular complexity index is 604. The molecule has 0 unspecified atom stereocenters. The lowest BCUT2D eigenvalue weighted by Gasteiger charge is -2.20. The van der Waals surface area contributed by atoms with E-state index >= 15 is 0 Å². The van der Waals surface area contributed by atoms with Crippen LogP contribution in [0.3, 0.4) is 0 Å². The number of piperidine rings is 1. The summed E-state index contributed by atoms with van der Waals surface area (Å²) in [6.45, 7) is 2.13. The smallest absolute Gasteiger partial charge is 0.258 e. The van der Waals surface area contributed by atoms with Gasteiger partial charge in [-0.05, 0) is 53.8 Å². The third-order valence-corrected chi connectivity index (χ3v) is 5.89. The SMILES string of the molecule is O=C(Nc1ncc(C2CCNCC2)s1)c1csc(Br)c1. The van der Waals surface area contributed by atoms with Crippen molar-refractivity contribution in [3.05, 3.63) is 31.9 Å². The standard InChI is InChI=1S/C13H14BrN3OS2/c14-11-5-9(7-19-11)12(18)17-13-16-6-10(20-13)8-1-3-15-4-2-8/h5-8,15H,1-4H2,(H,16,17,18). The Balaban J connectivity index is 1.66. The predicted molar refractivity (Wildman–Crippen MR) is 86.9 cm³/mol. The summed E-state index contributed by atoms with van der Waals surface area (Å²) in [4.78, 5) is 17.6. The van der Waals surface area contributed by atoms with Crippen LogP contribution in [-0.4, -0.2) is 24.0 Å². The number of anilines is 1. The summed E-state index contributed by atoms with van der Waals surface area (Å²) in [6, 6.07) is 1.82. The number of amides is 1. The molecule has 2 aromatic heterocycles. The van der Waals surface area contributed by atoms with Crippen LogP contribution in [0.5, 0.6) is 0 Å². The number of halogens is 1. The van der Waals surface area contributed by atoms with E-state index in [0.717, 1.165) is 29.7 Å². The van der Waals surface area contributed by atoms with Crippen LogP contribution in [0.2, 0.25) is 0 Å². The highest BCUT2D eigenvalue weighted by Gasteiger charge is 2.18. The first-order chi connectivity index (χ1) is 9.72. The van der Waals surface area contributed by atoms with Crippen LogP contribution in [-0.2, 0) is 0 Å². The van der Waals surface area contributed by atoms with Gasteiger partial charge < -0.3 is 5.32 Å². The average molecular weight is 372 g/mol. The average Bonchev–Trinajstić information content (AvgIpc) is 3.09. The largest absolute Gasteiger partial charge is 0.317 e. The van der Waals surface area contributed by atoms with E-state index in [9.17, 15) is 4.79 Å². The van der Waals surface area contributed by atoms with E-state index in [1.807, 2.05) is 17.6 Å². The maximum absolute atomic E-state index is 12.0. The molecule has 1 aliphatic heterocycles. The van der Waals surface area contributed by atoms with E-state index in [2.05, 4.69) is 31.5 Å². The number of carbonyl (C=O) groups is 1. The zero-order valence-electron chi connectivity index (χ0n) is 10.7. The maximum Gasteiger partial charge on any atom is 0.258 e. The lowest BCUT2D eigenvalue weighted by Crippen LogP contribution is -2.26. The normalized spacial score (nSPS) is 16.2. The van der Waals surface area contributed by atoms with E-state index in [0.29, 0.717) is 16.6 Å². The molecule has 0 radical (unpaired) electrons. The van der Waals surface area contributed by atoms with E-state index in [1.165, 1.54) is 16.2 Å². The van der Waals surface area contributed by atoms with Crippen LogP contribution in [0, 0.1) is 0 Å². The fourth-order valence-electron chi connectivity index (χ4n) is 2.24. The molecule has 1 amide bonds. The molecule has 0 aliphatic carbocycles. The van der Waals surface area contributed by atoms with Crippen LogP contribution < -0.4 is 10.6 Å². The lowest BCUT2D eigenvalue weighted by atomic mass is 9.97. The topological polar surface area (TPSA) is 54.0 Å². The summed E-state index contributed by atoms with van der Waals surface area (Å²) in [7, 11) is 0. The first kappa shape index (κ1) is 14.2. The van der Waals surface area contributed by atoms with E-state index < -0.39 is 0 Å². The minimum atomic E-state index is -0.0989. The molecule has 0 saturated carbocycles. The van der Waals surface area contributed by atoms with Crippen molar-refractivity contribution in [3.63, 3.8) is 0 Å².